The van der Waals surface area contributed by atoms with Crippen LogP contribution in [0.2, 0.25) is 0 Å². The van der Waals surface area contributed by atoms with Crippen LogP contribution in [0, 0.1) is 11.8 Å². The van der Waals surface area contributed by atoms with Gasteiger partial charge in [-0.1, -0.05) is 44.2 Å². The maximum atomic E-state index is 11.9. The monoisotopic (exact) mass is 276 g/mol. The minimum atomic E-state index is -1.04. The van der Waals surface area contributed by atoms with Gasteiger partial charge in [0.1, 0.15) is 0 Å². The normalized spacial score (nSPS) is 26.4. The van der Waals surface area contributed by atoms with E-state index in [2.05, 4.69) is 24.1 Å². The largest absolute Gasteiger partial charge is 0.480 e. The second-order valence-corrected chi connectivity index (χ2v) is 5.98. The number of nitrogens with zero attached hydrogens (tertiary/aromatic N) is 1. The van der Waals surface area contributed by atoms with Gasteiger partial charge in [0.2, 0.25) is 0 Å². The van der Waals surface area contributed by atoms with Crippen molar-refractivity contribution in [2.75, 3.05) is 26.7 Å². The third-order valence-corrected chi connectivity index (χ3v) is 4.58. The molecule has 4 heteroatoms. The molecule has 1 aromatic carbocycles. The van der Waals surface area contributed by atoms with Gasteiger partial charge in [-0.25, -0.2) is 4.79 Å². The van der Waals surface area contributed by atoms with E-state index in [1.807, 2.05) is 30.3 Å². The molecule has 1 aliphatic heterocycles. The van der Waals surface area contributed by atoms with E-state index in [0.717, 1.165) is 18.7 Å². The molecule has 0 saturated carbocycles. The summed E-state index contributed by atoms with van der Waals surface area (Å²) in [6.07, 6.45) is 0. The molecule has 0 aliphatic carbocycles. The molecule has 2 N–H and O–H groups in total. The molecule has 2 rings (SSSR count). The summed E-state index contributed by atoms with van der Waals surface area (Å²) in [5.74, 6) is 0.418. The Morgan fingerprint density at radius 3 is 2.30 bits per heavy atom. The molecule has 0 aromatic heterocycles. The summed E-state index contributed by atoms with van der Waals surface area (Å²) < 4.78 is 0. The van der Waals surface area contributed by atoms with Crippen LogP contribution in [-0.2, 0) is 10.3 Å². The van der Waals surface area contributed by atoms with Crippen LogP contribution in [0.4, 0.5) is 0 Å². The van der Waals surface area contributed by atoms with Crippen molar-refractivity contribution in [3.63, 3.8) is 0 Å². The highest BCUT2D eigenvalue weighted by molar-refractivity contribution is 5.81. The lowest BCUT2D eigenvalue weighted by atomic mass is 9.89. The van der Waals surface area contributed by atoms with Crippen LogP contribution in [-0.4, -0.2) is 42.7 Å². The van der Waals surface area contributed by atoms with Gasteiger partial charge in [0.25, 0.3) is 0 Å². The Labute approximate surface area is 120 Å². The first-order valence-corrected chi connectivity index (χ1v) is 7.20. The second kappa shape index (κ2) is 5.94. The summed E-state index contributed by atoms with van der Waals surface area (Å²) in [6.45, 7) is 6.89. The Morgan fingerprint density at radius 1 is 1.30 bits per heavy atom. The van der Waals surface area contributed by atoms with E-state index >= 15 is 0 Å². The third-order valence-electron chi connectivity index (χ3n) is 4.58. The molecule has 20 heavy (non-hydrogen) atoms. The molecule has 0 radical (unpaired) electrons. The van der Waals surface area contributed by atoms with Gasteiger partial charge >= 0.3 is 5.97 Å². The number of carboxylic acids is 1. The van der Waals surface area contributed by atoms with Crippen molar-refractivity contribution in [3.8, 4) is 0 Å². The third kappa shape index (κ3) is 2.72. The predicted molar refractivity (Wildman–Crippen MR) is 79.6 cm³/mol. The van der Waals surface area contributed by atoms with E-state index < -0.39 is 11.5 Å². The van der Waals surface area contributed by atoms with Crippen molar-refractivity contribution < 1.29 is 9.90 Å². The van der Waals surface area contributed by atoms with Crippen LogP contribution in [0.25, 0.3) is 0 Å². The van der Waals surface area contributed by atoms with Gasteiger partial charge < -0.3 is 10.4 Å². The highest BCUT2D eigenvalue weighted by Gasteiger charge is 2.42. The van der Waals surface area contributed by atoms with E-state index in [1.165, 1.54) is 0 Å². The summed E-state index contributed by atoms with van der Waals surface area (Å²) in [5.41, 5.74) is -0.229. The lowest BCUT2D eigenvalue weighted by molar-refractivity contribution is -0.146. The molecule has 4 nitrogen and oxygen atoms in total. The van der Waals surface area contributed by atoms with E-state index in [1.54, 1.807) is 7.05 Å². The van der Waals surface area contributed by atoms with Crippen LogP contribution in [0.15, 0.2) is 30.3 Å². The molecule has 0 spiro atoms. The summed E-state index contributed by atoms with van der Waals surface area (Å²) in [7, 11) is 1.73. The fourth-order valence-corrected chi connectivity index (χ4v) is 3.05. The number of carboxylic acid groups (broad SMARTS) is 1. The van der Waals surface area contributed by atoms with E-state index in [4.69, 9.17) is 0 Å². The highest BCUT2D eigenvalue weighted by atomic mass is 16.4. The van der Waals surface area contributed by atoms with Crippen LogP contribution < -0.4 is 5.32 Å². The number of hydrogen-bond donors (Lipinski definition) is 2. The smallest absolute Gasteiger partial charge is 0.329 e. The highest BCUT2D eigenvalue weighted by Crippen LogP contribution is 2.28. The number of likely N-dealkylation sites (N-methyl/N-ethyl adjacent to an activating group) is 1. The number of carbonyl (C=O) groups is 1. The fourth-order valence-electron chi connectivity index (χ4n) is 3.05. The Morgan fingerprint density at radius 2 is 1.85 bits per heavy atom. The number of likely N-dealkylation sites (tertiary alicyclic amines) is 1. The van der Waals surface area contributed by atoms with E-state index in [0.29, 0.717) is 18.4 Å². The zero-order valence-corrected chi connectivity index (χ0v) is 12.5. The Balaban J connectivity index is 2.27. The van der Waals surface area contributed by atoms with E-state index in [9.17, 15) is 9.90 Å². The Kier molecular flexibility index (Phi) is 4.45. The zero-order chi connectivity index (χ0) is 14.8. The standard InChI is InChI=1S/C16H24N2O2/c1-12-9-18(10-13(12)2)11-16(17-3,15(19)20)14-7-5-4-6-8-14/h4-8,12-13,17H,9-11H2,1-3H3,(H,19,20). The van der Waals surface area contributed by atoms with Crippen molar-refractivity contribution in [1.82, 2.24) is 10.2 Å². The van der Waals surface area contributed by atoms with Crippen LogP contribution in [0.3, 0.4) is 0 Å². The minimum Gasteiger partial charge on any atom is -0.480 e. The van der Waals surface area contributed by atoms with Gasteiger partial charge in [-0.3, -0.25) is 4.90 Å². The second-order valence-electron chi connectivity index (χ2n) is 5.98. The first-order chi connectivity index (χ1) is 9.49. The lowest BCUT2D eigenvalue weighted by Gasteiger charge is -2.33. The average Bonchev–Trinajstić information content (AvgIpc) is 2.75. The topological polar surface area (TPSA) is 52.6 Å². The summed E-state index contributed by atoms with van der Waals surface area (Å²) >= 11 is 0. The average molecular weight is 276 g/mol. The van der Waals surface area contributed by atoms with Gasteiger partial charge in [-0.2, -0.15) is 0 Å². The van der Waals surface area contributed by atoms with Crippen molar-refractivity contribution in [1.29, 1.82) is 0 Å². The molecule has 0 amide bonds. The van der Waals surface area contributed by atoms with Crippen LogP contribution in [0.5, 0.6) is 0 Å². The van der Waals surface area contributed by atoms with Gasteiger partial charge in [-0.15, -0.1) is 0 Å². The van der Waals surface area contributed by atoms with Crippen LogP contribution in [0.1, 0.15) is 19.4 Å². The molecule has 110 valence electrons. The number of aliphatic carboxylic acids is 1. The van der Waals surface area contributed by atoms with Gasteiger partial charge in [0.05, 0.1) is 0 Å². The SMILES string of the molecule is CNC(CN1CC(C)C(C)C1)(C(=O)O)c1ccccc1. The molecule has 1 fully saturated rings. The van der Waals surface area contributed by atoms with Gasteiger partial charge in [0, 0.05) is 19.6 Å². The van der Waals surface area contributed by atoms with Crippen molar-refractivity contribution >= 4 is 5.97 Å². The quantitative estimate of drug-likeness (QED) is 0.860. The fraction of sp³-hybridized carbons (Fsp3) is 0.562. The van der Waals surface area contributed by atoms with Crippen LogP contribution >= 0.6 is 0 Å². The number of nitrogens with one attached hydrogen (secondary N) is 1. The molecule has 1 saturated heterocycles. The van der Waals surface area contributed by atoms with Crippen molar-refractivity contribution in [2.45, 2.75) is 19.4 Å². The first-order valence-electron chi connectivity index (χ1n) is 7.20. The summed E-state index contributed by atoms with van der Waals surface area (Å²) in [6, 6.07) is 9.45. The number of rotatable bonds is 5. The maximum Gasteiger partial charge on any atom is 0.329 e. The van der Waals surface area contributed by atoms with Crippen molar-refractivity contribution in [3.05, 3.63) is 35.9 Å². The van der Waals surface area contributed by atoms with E-state index in [-0.39, 0.29) is 0 Å². The van der Waals surface area contributed by atoms with Gasteiger partial charge in [0.15, 0.2) is 5.54 Å². The number of benzene rings is 1. The first kappa shape index (κ1) is 15.0. The summed E-state index contributed by atoms with van der Waals surface area (Å²) in [4.78, 5) is 14.2. The number of hydrogen-bond acceptors (Lipinski definition) is 3. The minimum absolute atomic E-state index is 0.498. The lowest BCUT2D eigenvalue weighted by Crippen LogP contribution is -2.54. The molecule has 1 aliphatic rings. The Hall–Kier alpha value is -1.39. The molecule has 1 aromatic rings. The maximum absolute atomic E-state index is 11.9. The molecular formula is C16H24N2O2. The molecule has 3 atom stereocenters. The zero-order valence-electron chi connectivity index (χ0n) is 12.5. The van der Waals surface area contributed by atoms with Gasteiger partial charge in [-0.05, 0) is 24.4 Å². The Bertz CT molecular complexity index is 453. The molecule has 0 bridgehead atoms. The molecular weight excluding hydrogens is 252 g/mol. The van der Waals surface area contributed by atoms with Crippen molar-refractivity contribution in [2.24, 2.45) is 11.8 Å². The molecule has 1 heterocycles. The predicted octanol–water partition coefficient (Wildman–Crippen LogP) is 1.77. The molecule has 3 unspecified atom stereocenters. The summed E-state index contributed by atoms with van der Waals surface area (Å²) in [5, 5.41) is 12.8.